The Morgan fingerprint density at radius 3 is 2.43 bits per heavy atom. The number of halogens is 1. The zero-order chi connectivity index (χ0) is 15.6. The predicted octanol–water partition coefficient (Wildman–Crippen LogP) is 4.58. The molecule has 1 aromatic carbocycles. The van der Waals surface area contributed by atoms with Crippen LogP contribution in [0.15, 0.2) is 27.4 Å². The first-order valence-corrected chi connectivity index (χ1v) is 7.92. The number of fused-ring (bicyclic) bond motifs is 1. The third kappa shape index (κ3) is 1.90. The summed E-state index contributed by atoms with van der Waals surface area (Å²) < 4.78 is 6.97. The van der Waals surface area contributed by atoms with Crippen molar-refractivity contribution in [3.63, 3.8) is 0 Å². The summed E-state index contributed by atoms with van der Waals surface area (Å²) in [5.41, 5.74) is 2.95. The van der Waals surface area contributed by atoms with E-state index in [-0.39, 0.29) is 22.0 Å². The van der Waals surface area contributed by atoms with Gasteiger partial charge in [0.2, 0.25) is 0 Å². The van der Waals surface area contributed by atoms with Gasteiger partial charge >= 0.3 is 5.76 Å². The van der Waals surface area contributed by atoms with Gasteiger partial charge in [0.25, 0.3) is 0 Å². The van der Waals surface area contributed by atoms with Crippen LogP contribution < -0.4 is 5.76 Å². The number of hydrogen-bond acceptors (Lipinski definition) is 2. The van der Waals surface area contributed by atoms with Gasteiger partial charge in [-0.05, 0) is 41.4 Å². The molecule has 4 heteroatoms. The molecule has 1 aromatic heterocycles. The second kappa shape index (κ2) is 4.39. The van der Waals surface area contributed by atoms with E-state index >= 15 is 0 Å². The largest absolute Gasteiger partial charge is 0.419 e. The van der Waals surface area contributed by atoms with E-state index in [4.69, 9.17) is 16.0 Å². The van der Waals surface area contributed by atoms with Crippen molar-refractivity contribution in [3.8, 4) is 0 Å². The van der Waals surface area contributed by atoms with Crippen LogP contribution in [0.4, 0.5) is 0 Å². The Morgan fingerprint density at radius 2 is 1.90 bits per heavy atom. The van der Waals surface area contributed by atoms with Gasteiger partial charge in [-0.3, -0.25) is 4.57 Å². The Labute approximate surface area is 129 Å². The predicted molar refractivity (Wildman–Crippen MR) is 85.8 cm³/mol. The summed E-state index contributed by atoms with van der Waals surface area (Å²) in [6.07, 6.45) is 0. The summed E-state index contributed by atoms with van der Waals surface area (Å²) in [7, 11) is 0. The van der Waals surface area contributed by atoms with Gasteiger partial charge < -0.3 is 4.42 Å². The fourth-order valence-corrected chi connectivity index (χ4v) is 4.49. The Bertz CT molecular complexity index is 740. The molecule has 1 atom stereocenters. The molecule has 0 spiro atoms. The lowest BCUT2D eigenvalue weighted by atomic mass is 10.0. The van der Waals surface area contributed by atoms with Crippen LogP contribution in [0.3, 0.4) is 0 Å². The van der Waals surface area contributed by atoms with Crippen LogP contribution in [0, 0.1) is 16.7 Å². The Kier molecular flexibility index (Phi) is 3.07. The van der Waals surface area contributed by atoms with Crippen LogP contribution in [0.25, 0.3) is 11.1 Å². The van der Waals surface area contributed by atoms with Gasteiger partial charge in [-0.15, -0.1) is 11.6 Å². The Hall–Kier alpha value is -1.22. The molecule has 0 radical (unpaired) electrons. The lowest BCUT2D eigenvalue weighted by molar-refractivity contribution is 0.457. The second-order valence-corrected chi connectivity index (χ2v) is 7.63. The molecule has 1 aliphatic rings. The monoisotopic (exact) mass is 307 g/mol. The Morgan fingerprint density at radius 1 is 1.29 bits per heavy atom. The van der Waals surface area contributed by atoms with Gasteiger partial charge in [-0.2, -0.15) is 0 Å². The molecule has 0 saturated heterocycles. The standard InChI is InChI=1S/C17H22ClNO2/c1-6-19-11-8-7-10(9-12(11)21-15(19)20)13(18)14-16(2,3)17(14,4)5/h7-9,13-14H,6H2,1-5H3. The van der Waals surface area contributed by atoms with Crippen molar-refractivity contribution in [2.75, 3.05) is 0 Å². The zero-order valence-electron chi connectivity index (χ0n) is 13.2. The lowest BCUT2D eigenvalue weighted by Crippen LogP contribution is -2.11. The minimum atomic E-state index is -0.303. The topological polar surface area (TPSA) is 35.1 Å². The van der Waals surface area contributed by atoms with E-state index in [1.165, 1.54) is 0 Å². The number of aromatic nitrogens is 1. The van der Waals surface area contributed by atoms with Gasteiger partial charge in [-0.25, -0.2) is 4.79 Å². The molecule has 0 bridgehead atoms. The maximum atomic E-state index is 11.8. The van der Waals surface area contributed by atoms with Gasteiger partial charge in [0, 0.05) is 6.54 Å². The van der Waals surface area contributed by atoms with Crippen LogP contribution in [0.1, 0.15) is 45.6 Å². The van der Waals surface area contributed by atoms with Crippen molar-refractivity contribution in [1.29, 1.82) is 0 Å². The molecule has 3 nitrogen and oxygen atoms in total. The quantitative estimate of drug-likeness (QED) is 0.778. The summed E-state index contributed by atoms with van der Waals surface area (Å²) in [5, 5.41) is -0.0605. The number of nitrogens with zero attached hydrogens (tertiary/aromatic N) is 1. The third-order valence-corrected chi connectivity index (χ3v) is 6.26. The highest BCUT2D eigenvalue weighted by molar-refractivity contribution is 6.21. The first-order chi connectivity index (χ1) is 9.71. The molecule has 0 amide bonds. The molecule has 1 unspecified atom stereocenters. The summed E-state index contributed by atoms with van der Waals surface area (Å²) in [6.45, 7) is 11.6. The van der Waals surface area contributed by atoms with Crippen molar-refractivity contribution in [1.82, 2.24) is 4.57 Å². The lowest BCUT2D eigenvalue weighted by Gasteiger charge is -2.12. The number of hydrogen-bond donors (Lipinski definition) is 0. The molecule has 2 aromatic rings. The van der Waals surface area contributed by atoms with E-state index in [9.17, 15) is 4.79 Å². The molecule has 0 aliphatic heterocycles. The molecule has 0 N–H and O–H groups in total. The molecule has 3 rings (SSSR count). The van der Waals surface area contributed by atoms with Gasteiger partial charge in [0.05, 0.1) is 10.9 Å². The number of alkyl halides is 1. The molecular formula is C17H22ClNO2. The van der Waals surface area contributed by atoms with Crippen molar-refractivity contribution >= 4 is 22.7 Å². The highest BCUT2D eigenvalue weighted by Crippen LogP contribution is 2.73. The molecule has 1 heterocycles. The maximum Gasteiger partial charge on any atom is 0.419 e. The highest BCUT2D eigenvalue weighted by Gasteiger charge is 2.67. The molecular weight excluding hydrogens is 286 g/mol. The first-order valence-electron chi connectivity index (χ1n) is 7.49. The number of rotatable bonds is 3. The van der Waals surface area contributed by atoms with E-state index in [1.54, 1.807) is 4.57 Å². The fourth-order valence-electron chi connectivity index (χ4n) is 3.73. The van der Waals surface area contributed by atoms with E-state index in [1.807, 2.05) is 25.1 Å². The SMILES string of the molecule is CCn1c(=O)oc2cc(C(Cl)C3C(C)(C)C3(C)C)ccc21. The van der Waals surface area contributed by atoms with Crippen molar-refractivity contribution in [3.05, 3.63) is 34.3 Å². The first kappa shape index (κ1) is 14.7. The van der Waals surface area contributed by atoms with Crippen LogP contribution in [0.2, 0.25) is 0 Å². The average molecular weight is 308 g/mol. The molecule has 21 heavy (non-hydrogen) atoms. The van der Waals surface area contributed by atoms with E-state index in [0.717, 1.165) is 11.1 Å². The second-order valence-electron chi connectivity index (χ2n) is 7.16. The van der Waals surface area contributed by atoms with Crippen molar-refractivity contribution in [2.24, 2.45) is 16.7 Å². The average Bonchev–Trinajstić information content (AvgIpc) is 2.67. The smallest absolute Gasteiger partial charge is 0.408 e. The van der Waals surface area contributed by atoms with Gasteiger partial charge in [0.15, 0.2) is 5.58 Å². The normalized spacial score (nSPS) is 21.6. The fraction of sp³-hybridized carbons (Fsp3) is 0.588. The minimum absolute atomic E-state index is 0.0605. The maximum absolute atomic E-state index is 11.8. The minimum Gasteiger partial charge on any atom is -0.408 e. The highest BCUT2D eigenvalue weighted by atomic mass is 35.5. The zero-order valence-corrected chi connectivity index (χ0v) is 14.0. The summed E-state index contributed by atoms with van der Waals surface area (Å²) in [5.74, 6) is 0.118. The molecule has 1 aliphatic carbocycles. The number of aryl methyl sites for hydroxylation is 1. The van der Waals surface area contributed by atoms with E-state index in [0.29, 0.717) is 18.0 Å². The molecule has 114 valence electrons. The Balaban J connectivity index is 2.01. The van der Waals surface area contributed by atoms with Crippen LogP contribution in [-0.4, -0.2) is 4.57 Å². The van der Waals surface area contributed by atoms with Crippen LogP contribution in [0.5, 0.6) is 0 Å². The van der Waals surface area contributed by atoms with E-state index < -0.39 is 0 Å². The van der Waals surface area contributed by atoms with Crippen LogP contribution in [-0.2, 0) is 6.54 Å². The van der Waals surface area contributed by atoms with Gasteiger partial charge in [-0.1, -0.05) is 33.8 Å². The summed E-state index contributed by atoms with van der Waals surface area (Å²) in [4.78, 5) is 11.8. The van der Waals surface area contributed by atoms with Gasteiger partial charge in [0.1, 0.15) is 0 Å². The number of oxazole rings is 1. The summed E-state index contributed by atoms with van der Waals surface area (Å²) in [6, 6.07) is 5.88. The molecule has 1 fully saturated rings. The van der Waals surface area contributed by atoms with E-state index in [2.05, 4.69) is 27.7 Å². The third-order valence-electron chi connectivity index (χ3n) is 5.75. The molecule has 1 saturated carbocycles. The van der Waals surface area contributed by atoms with Crippen molar-refractivity contribution in [2.45, 2.75) is 46.5 Å². The van der Waals surface area contributed by atoms with Crippen molar-refractivity contribution < 1.29 is 4.42 Å². The summed E-state index contributed by atoms with van der Waals surface area (Å²) >= 11 is 6.73. The van der Waals surface area contributed by atoms with Crippen LogP contribution >= 0.6 is 11.6 Å². The number of benzene rings is 1.